The highest BCUT2D eigenvalue weighted by Gasteiger charge is 2.27. The molecule has 2 aliphatic rings. The van der Waals surface area contributed by atoms with Crippen molar-refractivity contribution in [3.05, 3.63) is 12.7 Å². The fraction of sp³-hybridized carbons (Fsp3) is 0.812. The van der Waals surface area contributed by atoms with E-state index < -0.39 is 0 Å². The predicted molar refractivity (Wildman–Crippen MR) is 82.1 cm³/mol. The molecule has 5 nitrogen and oxygen atoms in total. The Morgan fingerprint density at radius 3 is 2.95 bits per heavy atom. The Kier molecular flexibility index (Phi) is 6.51. The zero-order valence-corrected chi connectivity index (χ0v) is 12.8. The second-order valence-corrected chi connectivity index (χ2v) is 6.07. The van der Waals surface area contributed by atoms with E-state index in [-0.39, 0.29) is 24.8 Å². The second kappa shape index (κ2) is 8.39. The van der Waals surface area contributed by atoms with Gasteiger partial charge in [-0.25, -0.2) is 4.79 Å². The van der Waals surface area contributed by atoms with Crippen LogP contribution in [0.25, 0.3) is 0 Å². The first-order valence-corrected chi connectivity index (χ1v) is 8.15. The van der Waals surface area contributed by atoms with Gasteiger partial charge in [-0.15, -0.1) is 6.58 Å². The quantitative estimate of drug-likeness (QED) is 0.779. The number of likely N-dealkylation sites (tertiary alicyclic amines) is 1. The number of urea groups is 1. The molecule has 2 N–H and O–H groups in total. The van der Waals surface area contributed by atoms with E-state index in [2.05, 4.69) is 11.9 Å². The summed E-state index contributed by atoms with van der Waals surface area (Å²) in [5.41, 5.74) is 0. The number of aliphatic hydroxyl groups excluding tert-OH is 1. The Hall–Kier alpha value is -1.07. The molecule has 2 rings (SSSR count). The van der Waals surface area contributed by atoms with Crippen LogP contribution in [0.15, 0.2) is 12.7 Å². The van der Waals surface area contributed by atoms with Gasteiger partial charge in [-0.3, -0.25) is 0 Å². The van der Waals surface area contributed by atoms with Crippen LogP contribution >= 0.6 is 0 Å². The lowest BCUT2D eigenvalue weighted by atomic mass is 9.98. The summed E-state index contributed by atoms with van der Waals surface area (Å²) in [6, 6.07) is 0.0576. The maximum Gasteiger partial charge on any atom is 0.317 e. The molecule has 0 saturated carbocycles. The van der Waals surface area contributed by atoms with E-state index in [1.54, 1.807) is 6.08 Å². The molecule has 0 radical (unpaired) electrons. The maximum atomic E-state index is 12.4. The van der Waals surface area contributed by atoms with E-state index in [1.165, 1.54) is 0 Å². The second-order valence-electron chi connectivity index (χ2n) is 6.07. The summed E-state index contributed by atoms with van der Waals surface area (Å²) < 4.78 is 5.62. The number of carbonyl (C=O) groups excluding carboxylic acids is 1. The van der Waals surface area contributed by atoms with Gasteiger partial charge in [0.15, 0.2) is 0 Å². The number of nitrogens with zero attached hydrogens (tertiary/aromatic N) is 1. The summed E-state index contributed by atoms with van der Waals surface area (Å²) in [6.45, 7) is 6.37. The standard InChI is InChI=1S/C16H28N2O3/c1-2-15-14(6-4-12-21-15)17-16(20)18-9-3-5-13(7-10-18)8-11-19/h2,13-15,19H,1,3-12H2,(H,17,20)/t13?,14-,15+/m0/s1. The minimum absolute atomic E-state index is 0.0157. The van der Waals surface area contributed by atoms with Crippen LogP contribution in [0.1, 0.15) is 38.5 Å². The zero-order valence-electron chi connectivity index (χ0n) is 12.8. The zero-order chi connectivity index (χ0) is 15.1. The van der Waals surface area contributed by atoms with Crippen LogP contribution in [0.4, 0.5) is 4.79 Å². The minimum atomic E-state index is -0.0724. The van der Waals surface area contributed by atoms with Gasteiger partial charge in [0.05, 0.1) is 12.1 Å². The highest BCUT2D eigenvalue weighted by atomic mass is 16.5. The molecule has 2 heterocycles. The number of rotatable bonds is 4. The van der Waals surface area contributed by atoms with Crippen molar-refractivity contribution < 1.29 is 14.6 Å². The van der Waals surface area contributed by atoms with E-state index in [0.29, 0.717) is 5.92 Å². The molecule has 0 aromatic rings. The Labute approximate surface area is 127 Å². The molecule has 120 valence electrons. The summed E-state index contributed by atoms with van der Waals surface area (Å²) in [7, 11) is 0. The van der Waals surface area contributed by atoms with Crippen molar-refractivity contribution in [3.8, 4) is 0 Å². The third kappa shape index (κ3) is 4.71. The fourth-order valence-corrected chi connectivity index (χ4v) is 3.28. The topological polar surface area (TPSA) is 61.8 Å². The van der Waals surface area contributed by atoms with Crippen LogP contribution in [-0.2, 0) is 4.74 Å². The first-order chi connectivity index (χ1) is 10.2. The van der Waals surface area contributed by atoms with Gasteiger partial charge in [-0.05, 0) is 44.4 Å². The van der Waals surface area contributed by atoms with E-state index >= 15 is 0 Å². The van der Waals surface area contributed by atoms with Gasteiger partial charge in [0.2, 0.25) is 0 Å². The summed E-state index contributed by atoms with van der Waals surface area (Å²) in [5.74, 6) is 0.548. The van der Waals surface area contributed by atoms with E-state index in [1.807, 2.05) is 4.90 Å². The largest absolute Gasteiger partial charge is 0.396 e. The van der Waals surface area contributed by atoms with Gasteiger partial charge in [0, 0.05) is 26.3 Å². The van der Waals surface area contributed by atoms with Gasteiger partial charge >= 0.3 is 6.03 Å². The molecule has 3 atom stereocenters. The molecule has 0 spiro atoms. The molecule has 2 saturated heterocycles. The lowest BCUT2D eigenvalue weighted by Gasteiger charge is -2.32. The number of carbonyl (C=O) groups is 1. The lowest BCUT2D eigenvalue weighted by Crippen LogP contribution is -2.51. The Morgan fingerprint density at radius 1 is 1.33 bits per heavy atom. The molecule has 2 aliphatic heterocycles. The van der Waals surface area contributed by atoms with Crippen LogP contribution in [0, 0.1) is 5.92 Å². The first kappa shape index (κ1) is 16.3. The minimum Gasteiger partial charge on any atom is -0.396 e. The molecular formula is C16H28N2O3. The van der Waals surface area contributed by atoms with Crippen molar-refractivity contribution in [2.75, 3.05) is 26.3 Å². The number of ether oxygens (including phenoxy) is 1. The lowest BCUT2D eigenvalue weighted by molar-refractivity contribution is 0.0224. The van der Waals surface area contributed by atoms with Gasteiger partial charge in [0.1, 0.15) is 0 Å². The molecule has 0 aliphatic carbocycles. The van der Waals surface area contributed by atoms with Crippen LogP contribution in [0.2, 0.25) is 0 Å². The Balaban J connectivity index is 1.83. The van der Waals surface area contributed by atoms with Crippen LogP contribution in [-0.4, -0.2) is 54.5 Å². The monoisotopic (exact) mass is 296 g/mol. The van der Waals surface area contributed by atoms with Crippen molar-refractivity contribution in [1.82, 2.24) is 10.2 Å². The van der Waals surface area contributed by atoms with Crippen molar-refractivity contribution in [2.24, 2.45) is 5.92 Å². The smallest absolute Gasteiger partial charge is 0.317 e. The molecule has 2 fully saturated rings. The van der Waals surface area contributed by atoms with Crippen LogP contribution in [0.5, 0.6) is 0 Å². The molecule has 5 heteroatoms. The van der Waals surface area contributed by atoms with Crippen LogP contribution in [0.3, 0.4) is 0 Å². The van der Waals surface area contributed by atoms with E-state index in [0.717, 1.165) is 58.2 Å². The number of amides is 2. The number of aliphatic hydroxyl groups is 1. The normalized spacial score (nSPS) is 30.5. The number of hydrogen-bond acceptors (Lipinski definition) is 3. The highest BCUT2D eigenvalue weighted by molar-refractivity contribution is 5.74. The fourth-order valence-electron chi connectivity index (χ4n) is 3.28. The number of hydrogen-bond donors (Lipinski definition) is 2. The van der Waals surface area contributed by atoms with Crippen molar-refractivity contribution in [1.29, 1.82) is 0 Å². The summed E-state index contributed by atoms with van der Waals surface area (Å²) in [4.78, 5) is 14.3. The van der Waals surface area contributed by atoms with Gasteiger partial charge < -0.3 is 20.1 Å². The van der Waals surface area contributed by atoms with E-state index in [9.17, 15) is 4.79 Å². The van der Waals surface area contributed by atoms with Crippen LogP contribution < -0.4 is 5.32 Å². The van der Waals surface area contributed by atoms with E-state index in [4.69, 9.17) is 9.84 Å². The SMILES string of the molecule is C=C[C@H]1OCCC[C@@H]1NC(=O)N1CCCC(CCO)CC1. The van der Waals surface area contributed by atoms with Gasteiger partial charge in [-0.1, -0.05) is 6.08 Å². The molecule has 0 aromatic heterocycles. The van der Waals surface area contributed by atoms with Gasteiger partial charge in [-0.2, -0.15) is 0 Å². The Bertz CT molecular complexity index is 348. The summed E-state index contributed by atoms with van der Waals surface area (Å²) in [5, 5.41) is 12.1. The average Bonchev–Trinajstić information content (AvgIpc) is 2.74. The molecular weight excluding hydrogens is 268 g/mol. The molecule has 0 bridgehead atoms. The molecule has 21 heavy (non-hydrogen) atoms. The van der Waals surface area contributed by atoms with Crippen molar-refractivity contribution >= 4 is 6.03 Å². The molecule has 0 aromatic carbocycles. The molecule has 1 unspecified atom stereocenters. The summed E-state index contributed by atoms with van der Waals surface area (Å²) in [6.07, 6.45) is 7.60. The van der Waals surface area contributed by atoms with Crippen molar-refractivity contribution in [3.63, 3.8) is 0 Å². The molecule has 2 amide bonds. The summed E-state index contributed by atoms with van der Waals surface area (Å²) >= 11 is 0. The van der Waals surface area contributed by atoms with Crippen molar-refractivity contribution in [2.45, 2.75) is 50.7 Å². The average molecular weight is 296 g/mol. The third-order valence-electron chi connectivity index (χ3n) is 4.58. The predicted octanol–water partition coefficient (Wildman–Crippen LogP) is 1.91. The third-order valence-corrected chi connectivity index (χ3v) is 4.58. The maximum absolute atomic E-state index is 12.4. The Morgan fingerprint density at radius 2 is 2.19 bits per heavy atom. The highest BCUT2D eigenvalue weighted by Crippen LogP contribution is 2.21. The van der Waals surface area contributed by atoms with Gasteiger partial charge in [0.25, 0.3) is 0 Å². The first-order valence-electron chi connectivity index (χ1n) is 8.15. The number of nitrogens with one attached hydrogen (secondary N) is 1.